The van der Waals surface area contributed by atoms with Crippen LogP contribution in [-0.4, -0.2) is 23.1 Å². The van der Waals surface area contributed by atoms with Crippen LogP contribution >= 0.6 is 0 Å². The summed E-state index contributed by atoms with van der Waals surface area (Å²) in [5.41, 5.74) is 0. The molecule has 5 heteroatoms. The maximum atomic E-state index is 10.4. The van der Waals surface area contributed by atoms with Crippen molar-refractivity contribution in [1.82, 2.24) is 0 Å². The zero-order valence-electron chi connectivity index (χ0n) is 5.90. The van der Waals surface area contributed by atoms with Crippen LogP contribution in [-0.2, 0) is 14.3 Å². The zero-order valence-corrected chi connectivity index (χ0v) is 5.90. The normalized spacial score (nSPS) is 11.3. The number of nitriles is 1. The van der Waals surface area contributed by atoms with Gasteiger partial charge in [0.25, 0.3) is 0 Å². The van der Waals surface area contributed by atoms with E-state index in [2.05, 4.69) is 4.74 Å². The van der Waals surface area contributed by atoms with Crippen molar-refractivity contribution in [2.75, 3.05) is 0 Å². The average Bonchev–Trinajstić information content (AvgIpc) is 1.87. The molecule has 1 N–H and O–H groups in total. The van der Waals surface area contributed by atoms with Crippen molar-refractivity contribution < 1.29 is 19.4 Å². The van der Waals surface area contributed by atoms with Crippen molar-refractivity contribution in [3.8, 4) is 6.07 Å². The molecule has 0 saturated heterocycles. The number of hydrogen-bond acceptors (Lipinski definition) is 4. The van der Waals surface area contributed by atoms with E-state index in [4.69, 9.17) is 10.4 Å². The number of carbonyl (C=O) groups is 2. The molecule has 0 aliphatic rings. The molecule has 0 aliphatic carbocycles. The zero-order chi connectivity index (χ0) is 8.85. The first-order valence-electron chi connectivity index (χ1n) is 2.87. The molecule has 0 rings (SSSR count). The fourth-order valence-electron chi connectivity index (χ4n) is 0.354. The summed E-state index contributed by atoms with van der Waals surface area (Å²) in [5.74, 6) is -2.04. The van der Waals surface area contributed by atoms with Gasteiger partial charge in [-0.2, -0.15) is 5.26 Å². The highest BCUT2D eigenvalue weighted by Gasteiger charge is 2.15. The maximum Gasteiger partial charge on any atom is 0.344 e. The van der Waals surface area contributed by atoms with Gasteiger partial charge < -0.3 is 9.84 Å². The van der Waals surface area contributed by atoms with Crippen molar-refractivity contribution >= 4 is 11.9 Å². The van der Waals surface area contributed by atoms with Gasteiger partial charge in [-0.3, -0.25) is 4.79 Å². The summed E-state index contributed by atoms with van der Waals surface area (Å²) in [6, 6.07) is 1.54. The molecule has 0 aromatic heterocycles. The number of esters is 1. The molecule has 60 valence electrons. The predicted octanol–water partition coefficient (Wildman–Crippen LogP) is -0.0836. The first kappa shape index (κ1) is 9.43. The number of rotatable bonds is 3. The topological polar surface area (TPSA) is 87.4 Å². The second-order valence-electron chi connectivity index (χ2n) is 1.81. The average molecular weight is 157 g/mol. The lowest BCUT2D eigenvalue weighted by molar-refractivity contribution is -0.161. The molecule has 0 spiro atoms. The van der Waals surface area contributed by atoms with Crippen molar-refractivity contribution in [3.63, 3.8) is 0 Å². The van der Waals surface area contributed by atoms with Gasteiger partial charge in [-0.25, -0.2) is 4.79 Å². The molecule has 0 aromatic rings. The summed E-state index contributed by atoms with van der Waals surface area (Å²) in [6.45, 7) is 1.22. The predicted molar refractivity (Wildman–Crippen MR) is 33.4 cm³/mol. The molecule has 0 aromatic carbocycles. The van der Waals surface area contributed by atoms with Crippen molar-refractivity contribution in [1.29, 1.82) is 5.26 Å². The number of nitrogens with zero attached hydrogens (tertiary/aromatic N) is 1. The third-order valence-electron chi connectivity index (χ3n) is 0.879. The van der Waals surface area contributed by atoms with Crippen LogP contribution in [0, 0.1) is 11.3 Å². The molecule has 1 unspecified atom stereocenters. The Balaban J connectivity index is 3.77. The summed E-state index contributed by atoms with van der Waals surface area (Å²) < 4.78 is 4.29. The van der Waals surface area contributed by atoms with Gasteiger partial charge in [0.2, 0.25) is 0 Å². The Labute approximate surface area is 63.2 Å². The van der Waals surface area contributed by atoms with Crippen molar-refractivity contribution in [2.45, 2.75) is 19.4 Å². The van der Waals surface area contributed by atoms with E-state index in [-0.39, 0.29) is 0 Å². The second-order valence-corrected chi connectivity index (χ2v) is 1.81. The minimum atomic E-state index is -1.23. The van der Waals surface area contributed by atoms with Gasteiger partial charge in [-0.05, 0) is 6.92 Å². The molecule has 0 amide bonds. The molecule has 0 aliphatic heterocycles. The Bertz CT molecular complexity index is 205. The van der Waals surface area contributed by atoms with Crippen LogP contribution in [0.15, 0.2) is 0 Å². The van der Waals surface area contributed by atoms with Crippen molar-refractivity contribution in [2.24, 2.45) is 0 Å². The number of aliphatic carboxylic acids is 1. The lowest BCUT2D eigenvalue weighted by atomic mass is 10.4. The minimum absolute atomic E-state index is 0.419. The SMILES string of the molecule is CC(OC(=O)CC#N)C(=O)O. The number of hydrogen-bond donors (Lipinski definition) is 1. The van der Waals surface area contributed by atoms with Crippen LogP contribution in [0.4, 0.5) is 0 Å². The third kappa shape index (κ3) is 3.92. The van der Waals surface area contributed by atoms with E-state index in [0.717, 1.165) is 0 Å². The van der Waals surface area contributed by atoms with Crippen LogP contribution in [0.1, 0.15) is 13.3 Å². The standard InChI is InChI=1S/C6H7NO4/c1-4(6(9)10)11-5(8)2-3-7/h4H,2H2,1H3,(H,9,10). The number of carboxylic acids is 1. The van der Waals surface area contributed by atoms with Gasteiger partial charge in [0, 0.05) is 0 Å². The van der Waals surface area contributed by atoms with Crippen LogP contribution in [0.5, 0.6) is 0 Å². The molecule has 0 radical (unpaired) electrons. The van der Waals surface area contributed by atoms with Gasteiger partial charge in [0.05, 0.1) is 6.07 Å². The van der Waals surface area contributed by atoms with E-state index in [1.165, 1.54) is 6.92 Å². The van der Waals surface area contributed by atoms with E-state index in [9.17, 15) is 9.59 Å². The Morgan fingerprint density at radius 3 is 2.64 bits per heavy atom. The maximum absolute atomic E-state index is 10.4. The van der Waals surface area contributed by atoms with Gasteiger partial charge in [-0.1, -0.05) is 0 Å². The molecule has 0 bridgehead atoms. The summed E-state index contributed by atoms with van der Waals surface area (Å²) in [7, 11) is 0. The van der Waals surface area contributed by atoms with E-state index in [1.807, 2.05) is 0 Å². The highest BCUT2D eigenvalue weighted by Crippen LogP contribution is 1.93. The molecule has 5 nitrogen and oxygen atoms in total. The van der Waals surface area contributed by atoms with Gasteiger partial charge in [-0.15, -0.1) is 0 Å². The van der Waals surface area contributed by atoms with Crippen molar-refractivity contribution in [3.05, 3.63) is 0 Å². The van der Waals surface area contributed by atoms with E-state index >= 15 is 0 Å². The molecule has 1 atom stereocenters. The van der Waals surface area contributed by atoms with Crippen LogP contribution in [0.25, 0.3) is 0 Å². The van der Waals surface area contributed by atoms with Crippen LogP contribution < -0.4 is 0 Å². The molecular weight excluding hydrogens is 150 g/mol. The molecule has 0 heterocycles. The molecule has 0 fully saturated rings. The highest BCUT2D eigenvalue weighted by molar-refractivity contribution is 5.78. The minimum Gasteiger partial charge on any atom is -0.479 e. The third-order valence-corrected chi connectivity index (χ3v) is 0.879. The highest BCUT2D eigenvalue weighted by atomic mass is 16.6. The van der Waals surface area contributed by atoms with Gasteiger partial charge >= 0.3 is 11.9 Å². The summed E-state index contributed by atoms with van der Waals surface area (Å²) in [6.07, 6.45) is -1.60. The molecular formula is C6H7NO4. The monoisotopic (exact) mass is 157 g/mol. The fraction of sp³-hybridized carbons (Fsp3) is 0.500. The number of ether oxygens (including phenoxy) is 1. The Hall–Kier alpha value is -1.57. The Kier molecular flexibility index (Phi) is 3.67. The van der Waals surface area contributed by atoms with E-state index in [1.54, 1.807) is 6.07 Å². The Morgan fingerprint density at radius 1 is 1.73 bits per heavy atom. The lowest BCUT2D eigenvalue weighted by Gasteiger charge is -2.05. The largest absolute Gasteiger partial charge is 0.479 e. The molecule has 0 saturated carbocycles. The lowest BCUT2D eigenvalue weighted by Crippen LogP contribution is -2.23. The van der Waals surface area contributed by atoms with Gasteiger partial charge in [0.1, 0.15) is 6.42 Å². The van der Waals surface area contributed by atoms with Gasteiger partial charge in [0.15, 0.2) is 6.10 Å². The molecule has 11 heavy (non-hydrogen) atoms. The second kappa shape index (κ2) is 4.28. The Morgan fingerprint density at radius 2 is 2.27 bits per heavy atom. The first-order valence-corrected chi connectivity index (χ1v) is 2.87. The summed E-state index contributed by atoms with van der Waals surface area (Å²) in [4.78, 5) is 20.5. The van der Waals surface area contributed by atoms with E-state index in [0.29, 0.717) is 0 Å². The quantitative estimate of drug-likeness (QED) is 0.578. The van der Waals surface area contributed by atoms with Crippen LogP contribution in [0.2, 0.25) is 0 Å². The number of carboxylic acid groups (broad SMARTS) is 1. The van der Waals surface area contributed by atoms with Crippen LogP contribution in [0.3, 0.4) is 0 Å². The summed E-state index contributed by atoms with van der Waals surface area (Å²) in [5, 5.41) is 16.2. The first-order chi connectivity index (χ1) is 5.07. The fourth-order valence-corrected chi connectivity index (χ4v) is 0.354. The van der Waals surface area contributed by atoms with E-state index < -0.39 is 24.5 Å². The summed E-state index contributed by atoms with van der Waals surface area (Å²) >= 11 is 0. The number of carbonyl (C=O) groups excluding carboxylic acids is 1. The smallest absolute Gasteiger partial charge is 0.344 e.